The number of rotatable bonds is 5. The van der Waals surface area contributed by atoms with Crippen LogP contribution in [0.5, 0.6) is 0 Å². The van der Waals surface area contributed by atoms with Gasteiger partial charge in [-0.2, -0.15) is 0 Å². The molecule has 4 unspecified atom stereocenters. The Morgan fingerprint density at radius 2 is 1.94 bits per heavy atom. The number of hydrogen-bond donors (Lipinski definition) is 1. The van der Waals surface area contributed by atoms with Gasteiger partial charge in [-0.1, -0.05) is 41.0 Å². The average molecular weight is 252 g/mol. The van der Waals surface area contributed by atoms with Crippen LogP contribution in [0.15, 0.2) is 0 Å². The zero-order valence-electron chi connectivity index (χ0n) is 12.9. The summed E-state index contributed by atoms with van der Waals surface area (Å²) in [6.07, 6.45) is 4.15. The first-order valence-electron chi connectivity index (χ1n) is 8.02. The molecule has 0 aromatic heterocycles. The van der Waals surface area contributed by atoms with Gasteiger partial charge in [0.1, 0.15) is 0 Å². The summed E-state index contributed by atoms with van der Waals surface area (Å²) in [5, 5.41) is 3.79. The summed E-state index contributed by atoms with van der Waals surface area (Å²) in [5.41, 5.74) is 0. The fourth-order valence-corrected chi connectivity index (χ4v) is 3.66. The van der Waals surface area contributed by atoms with E-state index in [9.17, 15) is 0 Å². The Labute approximate surface area is 114 Å². The molecule has 1 aliphatic heterocycles. The molecule has 1 aliphatic carbocycles. The van der Waals surface area contributed by atoms with Gasteiger partial charge in [-0.05, 0) is 30.6 Å². The third-order valence-corrected chi connectivity index (χ3v) is 4.83. The second-order valence-corrected chi connectivity index (χ2v) is 7.21. The van der Waals surface area contributed by atoms with Crippen molar-refractivity contribution in [2.45, 2.75) is 72.0 Å². The Balaban J connectivity index is 1.95. The maximum Gasteiger partial charge on any atom is 0.0247 e. The molecule has 2 rings (SSSR count). The van der Waals surface area contributed by atoms with Crippen LogP contribution >= 0.6 is 0 Å². The fourth-order valence-electron chi connectivity index (χ4n) is 3.66. The third kappa shape index (κ3) is 3.27. The molecule has 0 radical (unpaired) electrons. The van der Waals surface area contributed by atoms with E-state index >= 15 is 0 Å². The lowest BCUT2D eigenvalue weighted by atomic mass is 9.94. The van der Waals surface area contributed by atoms with Crippen LogP contribution in [0.3, 0.4) is 0 Å². The van der Waals surface area contributed by atoms with Gasteiger partial charge in [0.2, 0.25) is 0 Å². The zero-order valence-corrected chi connectivity index (χ0v) is 12.9. The predicted molar refractivity (Wildman–Crippen MR) is 78.8 cm³/mol. The smallest absolute Gasteiger partial charge is 0.0247 e. The molecule has 0 aromatic rings. The van der Waals surface area contributed by atoms with Crippen LogP contribution in [0.1, 0.15) is 53.9 Å². The second-order valence-electron chi connectivity index (χ2n) is 7.21. The van der Waals surface area contributed by atoms with Crippen LogP contribution in [-0.2, 0) is 0 Å². The molecule has 0 amide bonds. The molecule has 0 aromatic carbocycles. The van der Waals surface area contributed by atoms with E-state index in [-0.39, 0.29) is 0 Å². The van der Waals surface area contributed by atoms with Gasteiger partial charge in [0.15, 0.2) is 0 Å². The van der Waals surface area contributed by atoms with Gasteiger partial charge in [0, 0.05) is 31.2 Å². The summed E-state index contributed by atoms with van der Waals surface area (Å²) < 4.78 is 0. The standard InChI is InChI=1S/C16H32N2/c1-6-13-8-15(13)18-10-14(7-11(2)3)17-9-16(18)12(4)5/h11-17H,6-10H2,1-5H3. The lowest BCUT2D eigenvalue weighted by Crippen LogP contribution is -2.59. The van der Waals surface area contributed by atoms with Crippen LogP contribution in [0.2, 0.25) is 0 Å². The van der Waals surface area contributed by atoms with Crippen molar-refractivity contribution in [3.63, 3.8) is 0 Å². The topological polar surface area (TPSA) is 15.3 Å². The van der Waals surface area contributed by atoms with E-state index in [4.69, 9.17) is 0 Å². The van der Waals surface area contributed by atoms with Gasteiger partial charge >= 0.3 is 0 Å². The number of nitrogens with zero attached hydrogens (tertiary/aromatic N) is 1. The van der Waals surface area contributed by atoms with E-state index in [2.05, 4.69) is 44.8 Å². The highest BCUT2D eigenvalue weighted by molar-refractivity contribution is 5.01. The van der Waals surface area contributed by atoms with Crippen LogP contribution in [0, 0.1) is 17.8 Å². The highest BCUT2D eigenvalue weighted by Crippen LogP contribution is 2.41. The lowest BCUT2D eigenvalue weighted by molar-refractivity contribution is 0.0794. The highest BCUT2D eigenvalue weighted by atomic mass is 15.3. The van der Waals surface area contributed by atoms with Crippen LogP contribution in [-0.4, -0.2) is 36.1 Å². The van der Waals surface area contributed by atoms with Crippen molar-refractivity contribution in [2.75, 3.05) is 13.1 Å². The van der Waals surface area contributed by atoms with Crippen LogP contribution in [0.25, 0.3) is 0 Å². The predicted octanol–water partition coefficient (Wildman–Crippen LogP) is 3.13. The van der Waals surface area contributed by atoms with Gasteiger partial charge in [0.25, 0.3) is 0 Å². The summed E-state index contributed by atoms with van der Waals surface area (Å²) in [6.45, 7) is 14.3. The van der Waals surface area contributed by atoms with Crippen molar-refractivity contribution in [1.82, 2.24) is 10.2 Å². The molecule has 4 atom stereocenters. The molecule has 0 spiro atoms. The Hall–Kier alpha value is -0.0800. The summed E-state index contributed by atoms with van der Waals surface area (Å²) in [6, 6.07) is 2.38. The van der Waals surface area contributed by atoms with Gasteiger partial charge in [-0.3, -0.25) is 4.90 Å². The molecule has 0 bridgehead atoms. The lowest BCUT2D eigenvalue weighted by Gasteiger charge is -2.43. The van der Waals surface area contributed by atoms with Crippen molar-refractivity contribution in [3.8, 4) is 0 Å². The highest BCUT2D eigenvalue weighted by Gasteiger charge is 2.45. The Bertz CT molecular complexity index is 262. The van der Waals surface area contributed by atoms with Crippen LogP contribution < -0.4 is 5.32 Å². The minimum atomic E-state index is 0.720. The maximum absolute atomic E-state index is 3.79. The molecule has 1 saturated heterocycles. The molecule has 2 aliphatic rings. The molecule has 1 heterocycles. The Morgan fingerprint density at radius 3 is 2.44 bits per heavy atom. The first-order valence-corrected chi connectivity index (χ1v) is 8.02. The van der Waals surface area contributed by atoms with E-state index < -0.39 is 0 Å². The summed E-state index contributed by atoms with van der Waals surface area (Å²) in [7, 11) is 0. The molecule has 106 valence electrons. The quantitative estimate of drug-likeness (QED) is 0.809. The largest absolute Gasteiger partial charge is 0.311 e. The molecule has 2 fully saturated rings. The minimum absolute atomic E-state index is 0.720. The summed E-state index contributed by atoms with van der Waals surface area (Å²) in [5.74, 6) is 2.57. The zero-order chi connectivity index (χ0) is 13.3. The third-order valence-electron chi connectivity index (χ3n) is 4.83. The summed E-state index contributed by atoms with van der Waals surface area (Å²) >= 11 is 0. The SMILES string of the molecule is CCC1CC1N1CC(CC(C)C)NCC1C(C)C. The average Bonchev–Trinajstić information content (AvgIpc) is 3.06. The van der Waals surface area contributed by atoms with E-state index in [1.165, 1.54) is 32.4 Å². The van der Waals surface area contributed by atoms with Crippen molar-refractivity contribution < 1.29 is 0 Å². The Kier molecular flexibility index (Phi) is 4.71. The first-order chi connectivity index (χ1) is 8.52. The minimum Gasteiger partial charge on any atom is -0.311 e. The van der Waals surface area contributed by atoms with Crippen LogP contribution in [0.4, 0.5) is 0 Å². The molecule has 1 saturated carbocycles. The monoisotopic (exact) mass is 252 g/mol. The first kappa shape index (κ1) is 14.3. The van der Waals surface area contributed by atoms with Crippen molar-refractivity contribution in [3.05, 3.63) is 0 Å². The van der Waals surface area contributed by atoms with Crippen molar-refractivity contribution >= 4 is 0 Å². The van der Waals surface area contributed by atoms with E-state index in [0.717, 1.165) is 35.9 Å². The van der Waals surface area contributed by atoms with E-state index in [0.29, 0.717) is 0 Å². The maximum atomic E-state index is 3.79. The normalized spacial score (nSPS) is 37.5. The van der Waals surface area contributed by atoms with Gasteiger partial charge < -0.3 is 5.32 Å². The number of hydrogen-bond acceptors (Lipinski definition) is 2. The van der Waals surface area contributed by atoms with Crippen molar-refractivity contribution in [2.24, 2.45) is 17.8 Å². The van der Waals surface area contributed by atoms with E-state index in [1.54, 1.807) is 0 Å². The fraction of sp³-hybridized carbons (Fsp3) is 1.00. The molecule has 2 nitrogen and oxygen atoms in total. The molecule has 2 heteroatoms. The number of piperazine rings is 1. The Morgan fingerprint density at radius 1 is 1.22 bits per heavy atom. The molecular formula is C16H32N2. The molecular weight excluding hydrogens is 220 g/mol. The van der Waals surface area contributed by atoms with E-state index in [1.807, 2.05) is 0 Å². The van der Waals surface area contributed by atoms with Gasteiger partial charge in [0.05, 0.1) is 0 Å². The van der Waals surface area contributed by atoms with Gasteiger partial charge in [-0.15, -0.1) is 0 Å². The summed E-state index contributed by atoms with van der Waals surface area (Å²) in [4.78, 5) is 2.85. The number of nitrogens with one attached hydrogen (secondary N) is 1. The van der Waals surface area contributed by atoms with Crippen molar-refractivity contribution in [1.29, 1.82) is 0 Å². The second kappa shape index (κ2) is 5.92. The molecule has 18 heavy (non-hydrogen) atoms. The molecule has 1 N–H and O–H groups in total. The van der Waals surface area contributed by atoms with Gasteiger partial charge in [-0.25, -0.2) is 0 Å².